The fraction of sp³-hybridized carbons (Fsp3) is 0.889. The minimum absolute atomic E-state index is 0.0687. The van der Waals surface area contributed by atoms with E-state index < -0.39 is 0 Å². The molecule has 1 heterocycles. The average molecular weight is 278 g/mol. The van der Waals surface area contributed by atoms with Gasteiger partial charge in [0.05, 0.1) is 9.34 Å². The maximum Gasteiger partial charge on any atom is 0.312 e. The van der Waals surface area contributed by atoms with Crippen LogP contribution in [0.5, 0.6) is 0 Å². The highest BCUT2D eigenvalue weighted by atomic mass is 127. The lowest BCUT2D eigenvalue weighted by molar-refractivity contribution is -0.147. The van der Waals surface area contributed by atoms with Gasteiger partial charge in [0.1, 0.15) is 6.10 Å². The number of carbonyl (C=O) groups is 1. The van der Waals surface area contributed by atoms with Crippen LogP contribution in [-0.2, 0) is 9.53 Å². The first kappa shape index (κ1) is 7.59. The molecule has 3 fully saturated rings. The van der Waals surface area contributed by atoms with Crippen molar-refractivity contribution in [2.75, 3.05) is 0 Å². The van der Waals surface area contributed by atoms with Gasteiger partial charge in [-0.1, -0.05) is 22.6 Å². The standard InChI is InChI=1S/C9H11IO2/c1-9-3-4-2-5(9)7(6(4)10)12-8(9)11/h4-7H,2-3H2,1H3/t4-,5+,6+,7-,9+/m0/s1. The van der Waals surface area contributed by atoms with Gasteiger partial charge >= 0.3 is 5.97 Å². The van der Waals surface area contributed by atoms with Crippen molar-refractivity contribution in [3.8, 4) is 0 Å². The number of esters is 1. The zero-order valence-electron chi connectivity index (χ0n) is 6.92. The van der Waals surface area contributed by atoms with E-state index in [9.17, 15) is 4.79 Å². The lowest BCUT2D eigenvalue weighted by atomic mass is 9.76. The molecule has 0 radical (unpaired) electrons. The summed E-state index contributed by atoms with van der Waals surface area (Å²) in [6.45, 7) is 2.09. The van der Waals surface area contributed by atoms with Crippen molar-refractivity contribution in [2.45, 2.75) is 29.8 Å². The Balaban J connectivity index is 2.09. The summed E-state index contributed by atoms with van der Waals surface area (Å²) in [5, 5.41) is 0. The third-order valence-electron chi connectivity index (χ3n) is 3.93. The van der Waals surface area contributed by atoms with Crippen molar-refractivity contribution in [2.24, 2.45) is 17.3 Å². The molecule has 2 saturated carbocycles. The molecule has 0 aromatic rings. The van der Waals surface area contributed by atoms with Crippen LogP contribution in [0, 0.1) is 17.3 Å². The fourth-order valence-corrected chi connectivity index (χ4v) is 4.43. The molecular weight excluding hydrogens is 267 g/mol. The molecular formula is C9H11IO2. The first-order valence-electron chi connectivity index (χ1n) is 4.48. The molecule has 0 spiro atoms. The van der Waals surface area contributed by atoms with Gasteiger partial charge in [-0.2, -0.15) is 0 Å². The number of halogens is 1. The van der Waals surface area contributed by atoms with Crippen molar-refractivity contribution >= 4 is 28.6 Å². The number of hydrogen-bond donors (Lipinski definition) is 0. The second kappa shape index (κ2) is 1.99. The summed E-state index contributed by atoms with van der Waals surface area (Å²) in [6, 6.07) is 0. The third-order valence-corrected chi connectivity index (χ3v) is 5.66. The topological polar surface area (TPSA) is 26.3 Å². The van der Waals surface area contributed by atoms with Gasteiger partial charge < -0.3 is 4.74 Å². The quantitative estimate of drug-likeness (QED) is 0.383. The summed E-state index contributed by atoms with van der Waals surface area (Å²) in [5.74, 6) is 1.35. The molecule has 2 nitrogen and oxygen atoms in total. The molecule has 3 aliphatic rings. The molecule has 3 rings (SSSR count). The van der Waals surface area contributed by atoms with E-state index in [4.69, 9.17) is 4.74 Å². The summed E-state index contributed by atoms with van der Waals surface area (Å²) in [6.07, 6.45) is 2.54. The van der Waals surface area contributed by atoms with Gasteiger partial charge in [-0.25, -0.2) is 0 Å². The number of alkyl halides is 1. The number of hydrogen-bond acceptors (Lipinski definition) is 2. The molecule has 12 heavy (non-hydrogen) atoms. The van der Waals surface area contributed by atoms with Gasteiger partial charge in [0.25, 0.3) is 0 Å². The summed E-state index contributed by atoms with van der Waals surface area (Å²) in [4.78, 5) is 11.5. The van der Waals surface area contributed by atoms with E-state index in [0.29, 0.717) is 9.84 Å². The van der Waals surface area contributed by atoms with Gasteiger partial charge in [0, 0.05) is 5.92 Å². The lowest BCUT2D eigenvalue weighted by Gasteiger charge is -2.25. The number of fused-ring (bicyclic) bond motifs is 1. The Morgan fingerprint density at radius 2 is 2.42 bits per heavy atom. The molecule has 3 heteroatoms. The molecule has 0 aromatic carbocycles. The highest BCUT2D eigenvalue weighted by molar-refractivity contribution is 14.1. The first-order valence-corrected chi connectivity index (χ1v) is 5.72. The highest BCUT2D eigenvalue weighted by Gasteiger charge is 2.67. The van der Waals surface area contributed by atoms with E-state index in [1.54, 1.807) is 0 Å². The number of ether oxygens (including phenoxy) is 1. The summed E-state index contributed by atoms with van der Waals surface area (Å²) < 4.78 is 6.00. The van der Waals surface area contributed by atoms with Crippen molar-refractivity contribution in [3.63, 3.8) is 0 Å². The summed E-state index contributed by atoms with van der Waals surface area (Å²) >= 11 is 2.45. The predicted octanol–water partition coefficient (Wildman–Crippen LogP) is 1.76. The van der Waals surface area contributed by atoms with Gasteiger partial charge in [0.15, 0.2) is 0 Å². The molecule has 1 saturated heterocycles. The Hall–Kier alpha value is 0.200. The van der Waals surface area contributed by atoms with Crippen molar-refractivity contribution in [3.05, 3.63) is 0 Å². The van der Waals surface area contributed by atoms with Gasteiger partial charge in [-0.15, -0.1) is 0 Å². The molecule has 1 aliphatic heterocycles. The van der Waals surface area contributed by atoms with Crippen LogP contribution in [0.1, 0.15) is 19.8 Å². The Morgan fingerprint density at radius 3 is 3.00 bits per heavy atom. The predicted molar refractivity (Wildman–Crippen MR) is 52.0 cm³/mol. The van der Waals surface area contributed by atoms with Crippen LogP contribution >= 0.6 is 22.6 Å². The average Bonchev–Trinajstić information content (AvgIpc) is 2.53. The van der Waals surface area contributed by atoms with E-state index in [0.717, 1.165) is 12.3 Å². The van der Waals surface area contributed by atoms with Crippen LogP contribution in [0.4, 0.5) is 0 Å². The molecule has 2 bridgehead atoms. The van der Waals surface area contributed by atoms with Crippen molar-refractivity contribution in [1.82, 2.24) is 0 Å². The van der Waals surface area contributed by atoms with E-state index in [1.165, 1.54) is 6.42 Å². The maximum absolute atomic E-state index is 11.5. The Bertz CT molecular complexity index is 265. The normalized spacial score (nSPS) is 61.0. The summed E-state index contributed by atoms with van der Waals surface area (Å²) in [5.41, 5.74) is -0.100. The molecule has 5 atom stereocenters. The Morgan fingerprint density at radius 1 is 1.67 bits per heavy atom. The molecule has 0 amide bonds. The minimum Gasteiger partial charge on any atom is -0.460 e. The number of carbonyl (C=O) groups excluding carboxylic acids is 1. The highest BCUT2D eigenvalue weighted by Crippen LogP contribution is 2.63. The van der Waals surface area contributed by atoms with E-state index in [-0.39, 0.29) is 17.5 Å². The van der Waals surface area contributed by atoms with Crippen molar-refractivity contribution in [1.29, 1.82) is 0 Å². The third kappa shape index (κ3) is 0.624. The van der Waals surface area contributed by atoms with Crippen molar-refractivity contribution < 1.29 is 9.53 Å². The van der Waals surface area contributed by atoms with Gasteiger partial charge in [0.2, 0.25) is 0 Å². The zero-order valence-corrected chi connectivity index (χ0v) is 9.08. The van der Waals surface area contributed by atoms with Crippen LogP contribution in [0.2, 0.25) is 0 Å². The van der Waals surface area contributed by atoms with Crippen LogP contribution < -0.4 is 0 Å². The Kier molecular flexibility index (Phi) is 1.26. The second-order valence-corrected chi connectivity index (χ2v) is 5.98. The van der Waals surface area contributed by atoms with Gasteiger partial charge in [-0.05, 0) is 25.7 Å². The van der Waals surface area contributed by atoms with Crippen LogP contribution in [-0.4, -0.2) is 16.0 Å². The monoisotopic (exact) mass is 278 g/mol. The minimum atomic E-state index is -0.100. The Labute approximate surface area is 85.2 Å². The summed E-state index contributed by atoms with van der Waals surface area (Å²) in [7, 11) is 0. The lowest BCUT2D eigenvalue weighted by Crippen LogP contribution is -2.33. The SMILES string of the molecule is C[C@@]12C[C@@H]3C[C@@H]1[C@H](OC2=O)[C@@H]3I. The molecule has 66 valence electrons. The number of rotatable bonds is 0. The molecule has 0 N–H and O–H groups in total. The smallest absolute Gasteiger partial charge is 0.312 e. The molecule has 0 aromatic heterocycles. The maximum atomic E-state index is 11.5. The van der Waals surface area contributed by atoms with E-state index in [2.05, 4.69) is 29.5 Å². The van der Waals surface area contributed by atoms with E-state index in [1.807, 2.05) is 0 Å². The second-order valence-electron chi connectivity index (χ2n) is 4.54. The van der Waals surface area contributed by atoms with E-state index >= 15 is 0 Å². The first-order chi connectivity index (χ1) is 5.63. The van der Waals surface area contributed by atoms with Crippen LogP contribution in [0.3, 0.4) is 0 Å². The van der Waals surface area contributed by atoms with Crippen LogP contribution in [0.15, 0.2) is 0 Å². The van der Waals surface area contributed by atoms with Crippen LogP contribution in [0.25, 0.3) is 0 Å². The van der Waals surface area contributed by atoms with Gasteiger partial charge in [-0.3, -0.25) is 4.79 Å². The fourth-order valence-electron chi connectivity index (χ4n) is 3.24. The molecule has 2 aliphatic carbocycles. The molecule has 0 unspecified atom stereocenters. The zero-order chi connectivity index (χ0) is 8.51. The largest absolute Gasteiger partial charge is 0.460 e.